The molecular weight excluding hydrogens is 304 g/mol. The summed E-state index contributed by atoms with van der Waals surface area (Å²) in [6, 6.07) is 12.1. The highest BCUT2D eigenvalue weighted by atomic mass is 16.5. The number of carbonyl (C=O) groups is 1. The molecule has 0 saturated carbocycles. The van der Waals surface area contributed by atoms with E-state index in [-0.39, 0.29) is 11.5 Å². The third kappa shape index (κ3) is 2.93. The second-order valence-corrected chi connectivity index (χ2v) is 6.18. The minimum atomic E-state index is -1.26. The second kappa shape index (κ2) is 6.49. The largest absolute Gasteiger partial charge is 0.508 e. The van der Waals surface area contributed by atoms with Crippen molar-refractivity contribution in [1.82, 2.24) is 0 Å². The van der Waals surface area contributed by atoms with E-state index in [0.29, 0.717) is 23.3 Å². The van der Waals surface area contributed by atoms with E-state index in [1.807, 2.05) is 50.3 Å². The number of hydrogen-bond acceptors (Lipinski definition) is 4. The fourth-order valence-electron chi connectivity index (χ4n) is 2.83. The molecule has 4 nitrogen and oxygen atoms in total. The first kappa shape index (κ1) is 16.3. The fraction of sp³-hybridized carbons (Fsp3) is 0.250. The molecule has 1 aliphatic rings. The van der Waals surface area contributed by atoms with Crippen LogP contribution in [-0.2, 0) is 6.42 Å². The molecule has 0 radical (unpaired) electrons. The van der Waals surface area contributed by atoms with Crippen LogP contribution in [0.1, 0.15) is 41.4 Å². The van der Waals surface area contributed by atoms with E-state index in [0.717, 1.165) is 11.1 Å². The zero-order valence-corrected chi connectivity index (χ0v) is 13.7. The van der Waals surface area contributed by atoms with E-state index in [2.05, 4.69) is 0 Å². The van der Waals surface area contributed by atoms with Crippen molar-refractivity contribution in [3.8, 4) is 11.5 Å². The van der Waals surface area contributed by atoms with Crippen molar-refractivity contribution in [2.75, 3.05) is 0 Å². The van der Waals surface area contributed by atoms with E-state index in [9.17, 15) is 15.0 Å². The summed E-state index contributed by atoms with van der Waals surface area (Å²) >= 11 is 0. The molecule has 0 bridgehead atoms. The number of aromatic hydroxyl groups is 1. The van der Waals surface area contributed by atoms with Gasteiger partial charge in [-0.2, -0.15) is 0 Å². The number of benzene rings is 2. The van der Waals surface area contributed by atoms with Crippen molar-refractivity contribution < 1.29 is 19.7 Å². The monoisotopic (exact) mass is 324 g/mol. The molecule has 2 aromatic rings. The van der Waals surface area contributed by atoms with Crippen LogP contribution in [-0.4, -0.2) is 22.1 Å². The third-order valence-electron chi connectivity index (χ3n) is 4.14. The highest BCUT2D eigenvalue weighted by Gasteiger charge is 2.38. The number of aliphatic hydroxyl groups excluding tert-OH is 1. The van der Waals surface area contributed by atoms with Crippen molar-refractivity contribution in [2.24, 2.45) is 0 Å². The van der Waals surface area contributed by atoms with Gasteiger partial charge in [-0.05, 0) is 38.0 Å². The Balaban J connectivity index is 2.08. The maximum absolute atomic E-state index is 12.6. The van der Waals surface area contributed by atoms with Gasteiger partial charge in [-0.3, -0.25) is 4.79 Å². The van der Waals surface area contributed by atoms with Crippen LogP contribution in [0, 0.1) is 0 Å². The van der Waals surface area contributed by atoms with Crippen molar-refractivity contribution in [3.63, 3.8) is 0 Å². The van der Waals surface area contributed by atoms with Crippen LogP contribution in [0.15, 0.2) is 54.1 Å². The molecule has 124 valence electrons. The number of rotatable bonds is 3. The Labute approximate surface area is 141 Å². The fourth-order valence-corrected chi connectivity index (χ4v) is 2.83. The summed E-state index contributed by atoms with van der Waals surface area (Å²) in [7, 11) is 0. The van der Waals surface area contributed by atoms with Crippen molar-refractivity contribution >= 4 is 5.78 Å². The lowest BCUT2D eigenvalue weighted by atomic mass is 9.91. The highest BCUT2D eigenvalue weighted by Crippen LogP contribution is 2.41. The summed E-state index contributed by atoms with van der Waals surface area (Å²) in [6.45, 7) is 3.93. The highest BCUT2D eigenvalue weighted by molar-refractivity contribution is 6.03. The van der Waals surface area contributed by atoms with Crippen LogP contribution in [0.3, 0.4) is 0 Å². The molecule has 0 fully saturated rings. The summed E-state index contributed by atoms with van der Waals surface area (Å²) in [5.74, 6) is 0.0578. The van der Waals surface area contributed by atoms with Gasteiger partial charge in [-0.1, -0.05) is 42.0 Å². The van der Waals surface area contributed by atoms with Crippen LogP contribution in [0.25, 0.3) is 0 Å². The standard InChI is InChI=1S/C20H20O4/c1-12(2)8-9-14-16(21)11-10-15-17(22)18(23)19(24-20(14)15)13-6-4-3-5-7-13/h3-8,10-11,18-19,21,23H,9H2,1-2H3. The predicted octanol–water partition coefficient (Wildman–Crippen LogP) is 3.58. The lowest BCUT2D eigenvalue weighted by Crippen LogP contribution is -2.36. The molecule has 4 heteroatoms. The SMILES string of the molecule is CC(C)=CCc1c(O)ccc2c1OC(c1ccccc1)C(O)C2=O. The van der Waals surface area contributed by atoms with Crippen LogP contribution < -0.4 is 4.74 Å². The molecule has 2 unspecified atom stereocenters. The van der Waals surface area contributed by atoms with Gasteiger partial charge in [0.05, 0.1) is 5.56 Å². The van der Waals surface area contributed by atoms with Gasteiger partial charge in [0.2, 0.25) is 0 Å². The maximum Gasteiger partial charge on any atom is 0.199 e. The van der Waals surface area contributed by atoms with E-state index in [1.54, 1.807) is 0 Å². The number of phenols is 1. The molecule has 2 N–H and O–H groups in total. The molecule has 0 saturated heterocycles. The van der Waals surface area contributed by atoms with Crippen LogP contribution in [0.2, 0.25) is 0 Å². The summed E-state index contributed by atoms with van der Waals surface area (Å²) < 4.78 is 5.98. The summed E-state index contributed by atoms with van der Waals surface area (Å²) in [4.78, 5) is 12.6. The summed E-state index contributed by atoms with van der Waals surface area (Å²) in [6.07, 6.45) is 0.382. The van der Waals surface area contributed by atoms with Gasteiger partial charge in [-0.15, -0.1) is 0 Å². The Morgan fingerprint density at radius 3 is 2.54 bits per heavy atom. The second-order valence-electron chi connectivity index (χ2n) is 6.18. The van der Waals surface area contributed by atoms with Gasteiger partial charge in [0.1, 0.15) is 11.5 Å². The Hall–Kier alpha value is -2.59. The molecule has 0 aromatic heterocycles. The van der Waals surface area contributed by atoms with Crippen LogP contribution >= 0.6 is 0 Å². The van der Waals surface area contributed by atoms with Crippen molar-refractivity contribution in [2.45, 2.75) is 32.5 Å². The average molecular weight is 324 g/mol. The van der Waals surface area contributed by atoms with Gasteiger partial charge < -0.3 is 14.9 Å². The van der Waals surface area contributed by atoms with Crippen LogP contribution in [0.4, 0.5) is 0 Å². The van der Waals surface area contributed by atoms with E-state index >= 15 is 0 Å². The molecule has 1 heterocycles. The smallest absolute Gasteiger partial charge is 0.199 e. The number of ketones is 1. The van der Waals surface area contributed by atoms with E-state index in [1.165, 1.54) is 12.1 Å². The number of Topliss-reactive ketones (excluding diaryl/α,β-unsaturated/α-hetero) is 1. The van der Waals surface area contributed by atoms with Gasteiger partial charge >= 0.3 is 0 Å². The summed E-state index contributed by atoms with van der Waals surface area (Å²) in [5, 5.41) is 20.6. The number of hydrogen-bond donors (Lipinski definition) is 2. The Bertz CT molecular complexity index is 789. The van der Waals surface area contributed by atoms with Crippen LogP contribution in [0.5, 0.6) is 11.5 Å². The molecule has 0 spiro atoms. The zero-order chi connectivity index (χ0) is 17.3. The number of allylic oxidation sites excluding steroid dienone is 2. The lowest BCUT2D eigenvalue weighted by Gasteiger charge is -2.31. The Morgan fingerprint density at radius 2 is 1.88 bits per heavy atom. The normalized spacial score (nSPS) is 19.4. The van der Waals surface area contributed by atoms with Crippen molar-refractivity contribution in [3.05, 3.63) is 70.8 Å². The quantitative estimate of drug-likeness (QED) is 0.847. The topological polar surface area (TPSA) is 66.8 Å². The summed E-state index contributed by atoms with van der Waals surface area (Å²) in [5.41, 5.74) is 2.70. The first-order valence-corrected chi connectivity index (χ1v) is 7.91. The number of carbonyl (C=O) groups excluding carboxylic acids is 1. The molecule has 0 aliphatic carbocycles. The molecule has 1 aliphatic heterocycles. The number of ether oxygens (including phenoxy) is 1. The number of aliphatic hydroxyl groups is 1. The number of phenolic OH excluding ortho intramolecular Hbond substituents is 1. The third-order valence-corrected chi connectivity index (χ3v) is 4.14. The average Bonchev–Trinajstić information content (AvgIpc) is 2.57. The van der Waals surface area contributed by atoms with Gasteiger partial charge in [0.25, 0.3) is 0 Å². The Kier molecular flexibility index (Phi) is 4.40. The molecule has 2 aromatic carbocycles. The first-order chi connectivity index (χ1) is 11.5. The minimum Gasteiger partial charge on any atom is -0.508 e. The van der Waals surface area contributed by atoms with Gasteiger partial charge in [-0.25, -0.2) is 0 Å². The Morgan fingerprint density at radius 1 is 1.17 bits per heavy atom. The minimum absolute atomic E-state index is 0.0854. The van der Waals surface area contributed by atoms with Gasteiger partial charge in [0.15, 0.2) is 18.0 Å². The van der Waals surface area contributed by atoms with E-state index < -0.39 is 12.2 Å². The predicted molar refractivity (Wildman–Crippen MR) is 91.4 cm³/mol. The molecular formula is C20H20O4. The lowest BCUT2D eigenvalue weighted by molar-refractivity contribution is 0.0211. The molecule has 3 rings (SSSR count). The zero-order valence-electron chi connectivity index (χ0n) is 13.7. The first-order valence-electron chi connectivity index (χ1n) is 7.91. The molecule has 0 amide bonds. The number of fused-ring (bicyclic) bond motifs is 1. The van der Waals surface area contributed by atoms with Gasteiger partial charge in [0, 0.05) is 5.56 Å². The molecule has 2 atom stereocenters. The maximum atomic E-state index is 12.6. The molecule has 24 heavy (non-hydrogen) atoms. The van der Waals surface area contributed by atoms with Crippen molar-refractivity contribution in [1.29, 1.82) is 0 Å². The van der Waals surface area contributed by atoms with E-state index in [4.69, 9.17) is 4.74 Å².